The van der Waals surface area contributed by atoms with Gasteiger partial charge in [-0.3, -0.25) is 4.79 Å². The van der Waals surface area contributed by atoms with Crippen molar-refractivity contribution in [3.63, 3.8) is 0 Å². The second kappa shape index (κ2) is 5.20. The molecule has 0 saturated heterocycles. The lowest BCUT2D eigenvalue weighted by Gasteiger charge is -2.40. The van der Waals surface area contributed by atoms with E-state index in [2.05, 4.69) is 5.32 Å². The average molecular weight is 263 g/mol. The van der Waals surface area contributed by atoms with Crippen molar-refractivity contribution in [3.8, 4) is 0 Å². The maximum absolute atomic E-state index is 12.8. The Bertz CT molecular complexity index is 338. The summed E-state index contributed by atoms with van der Waals surface area (Å²) in [7, 11) is 0. The number of alkyl halides is 2. The normalized spacial score (nSPS) is 21.6. The van der Waals surface area contributed by atoms with Gasteiger partial charge in [-0.05, 0) is 26.2 Å². The first kappa shape index (κ1) is 14.9. The van der Waals surface area contributed by atoms with Gasteiger partial charge in [0.1, 0.15) is 5.54 Å². The Morgan fingerprint density at radius 3 is 2.39 bits per heavy atom. The van der Waals surface area contributed by atoms with Crippen molar-refractivity contribution in [2.45, 2.75) is 51.5 Å². The molecule has 0 spiro atoms. The highest BCUT2D eigenvalue weighted by atomic mass is 19.3. The van der Waals surface area contributed by atoms with Gasteiger partial charge < -0.3 is 10.1 Å². The lowest BCUT2D eigenvalue weighted by atomic mass is 9.74. The Hall–Kier alpha value is -1.20. The highest BCUT2D eigenvalue weighted by molar-refractivity contribution is 5.86. The van der Waals surface area contributed by atoms with E-state index < -0.39 is 17.4 Å². The van der Waals surface area contributed by atoms with Crippen LogP contribution in [0, 0.1) is 5.92 Å². The minimum absolute atomic E-state index is 0.182. The van der Waals surface area contributed by atoms with Crippen molar-refractivity contribution in [2.75, 3.05) is 6.61 Å². The van der Waals surface area contributed by atoms with E-state index in [1.807, 2.05) is 0 Å². The van der Waals surface area contributed by atoms with E-state index in [4.69, 9.17) is 4.74 Å². The predicted molar refractivity (Wildman–Crippen MR) is 61.1 cm³/mol. The predicted octanol–water partition coefficient (Wildman–Crippen LogP) is 1.88. The van der Waals surface area contributed by atoms with Gasteiger partial charge in [-0.1, -0.05) is 0 Å². The molecule has 0 aromatic carbocycles. The molecule has 0 aromatic rings. The first-order chi connectivity index (χ1) is 8.18. The number of halogens is 2. The number of amides is 1. The van der Waals surface area contributed by atoms with Crippen LogP contribution in [0.15, 0.2) is 0 Å². The van der Waals surface area contributed by atoms with E-state index in [1.54, 1.807) is 6.92 Å². The SMILES string of the molecule is CCOC(=O)C(C)(CC1CC(F)(F)C1)NC(C)=O. The van der Waals surface area contributed by atoms with Crippen LogP contribution in [0.4, 0.5) is 8.78 Å². The first-order valence-corrected chi connectivity index (χ1v) is 6.02. The fourth-order valence-electron chi connectivity index (χ4n) is 2.37. The summed E-state index contributed by atoms with van der Waals surface area (Å²) in [5.41, 5.74) is -1.22. The van der Waals surface area contributed by atoms with E-state index in [1.165, 1.54) is 13.8 Å². The largest absolute Gasteiger partial charge is 0.464 e. The molecule has 1 unspecified atom stereocenters. The Kier molecular flexibility index (Phi) is 4.29. The van der Waals surface area contributed by atoms with Gasteiger partial charge in [-0.2, -0.15) is 0 Å². The molecule has 1 fully saturated rings. The molecule has 0 radical (unpaired) electrons. The van der Waals surface area contributed by atoms with Gasteiger partial charge in [0.05, 0.1) is 6.61 Å². The average Bonchev–Trinajstić information content (AvgIpc) is 2.13. The van der Waals surface area contributed by atoms with Gasteiger partial charge in [0.15, 0.2) is 0 Å². The quantitative estimate of drug-likeness (QED) is 0.770. The van der Waals surface area contributed by atoms with Crippen molar-refractivity contribution in [1.82, 2.24) is 5.32 Å². The topological polar surface area (TPSA) is 55.4 Å². The zero-order valence-electron chi connectivity index (χ0n) is 10.9. The zero-order chi connectivity index (χ0) is 14.0. The molecule has 18 heavy (non-hydrogen) atoms. The highest BCUT2D eigenvalue weighted by Crippen LogP contribution is 2.45. The first-order valence-electron chi connectivity index (χ1n) is 6.02. The van der Waals surface area contributed by atoms with Gasteiger partial charge >= 0.3 is 5.97 Å². The summed E-state index contributed by atoms with van der Waals surface area (Å²) in [6.07, 6.45) is -0.288. The van der Waals surface area contributed by atoms with E-state index >= 15 is 0 Å². The van der Waals surface area contributed by atoms with Crippen LogP contribution in [-0.4, -0.2) is 29.9 Å². The molecular weight excluding hydrogens is 244 g/mol. The van der Waals surface area contributed by atoms with Crippen molar-refractivity contribution >= 4 is 11.9 Å². The number of ether oxygens (including phenoxy) is 1. The van der Waals surface area contributed by atoms with Crippen molar-refractivity contribution in [1.29, 1.82) is 0 Å². The minimum Gasteiger partial charge on any atom is -0.464 e. The van der Waals surface area contributed by atoms with Gasteiger partial charge in [-0.25, -0.2) is 13.6 Å². The second-order valence-corrected chi connectivity index (χ2v) is 5.07. The lowest BCUT2D eigenvalue weighted by Crippen LogP contribution is -2.55. The van der Waals surface area contributed by atoms with Gasteiger partial charge in [0, 0.05) is 19.8 Å². The molecule has 0 bridgehead atoms. The van der Waals surface area contributed by atoms with E-state index in [9.17, 15) is 18.4 Å². The summed E-state index contributed by atoms with van der Waals surface area (Å²) in [5, 5.41) is 2.51. The molecule has 1 N–H and O–H groups in total. The van der Waals surface area contributed by atoms with Crippen LogP contribution in [0.3, 0.4) is 0 Å². The minimum atomic E-state index is -2.63. The molecule has 0 heterocycles. The molecular formula is C12H19F2NO3. The smallest absolute Gasteiger partial charge is 0.331 e. The number of nitrogens with one attached hydrogen (secondary N) is 1. The third-order valence-corrected chi connectivity index (χ3v) is 3.05. The van der Waals surface area contributed by atoms with Gasteiger partial charge in [0.2, 0.25) is 11.8 Å². The monoisotopic (exact) mass is 263 g/mol. The third-order valence-electron chi connectivity index (χ3n) is 3.05. The molecule has 0 aromatic heterocycles. The maximum atomic E-state index is 12.8. The van der Waals surface area contributed by atoms with Crippen LogP contribution in [-0.2, 0) is 14.3 Å². The van der Waals surface area contributed by atoms with Gasteiger partial charge in [0.25, 0.3) is 0 Å². The number of hydrogen-bond acceptors (Lipinski definition) is 3. The molecule has 1 aliphatic rings. The van der Waals surface area contributed by atoms with Gasteiger partial charge in [-0.15, -0.1) is 0 Å². The Balaban J connectivity index is 2.66. The van der Waals surface area contributed by atoms with Crippen LogP contribution in [0.2, 0.25) is 0 Å². The Labute approximate surface area is 105 Å². The molecule has 1 aliphatic carbocycles. The summed E-state index contributed by atoms with van der Waals surface area (Å²) in [6, 6.07) is 0. The Morgan fingerprint density at radius 2 is 2.00 bits per heavy atom. The molecule has 1 rings (SSSR count). The van der Waals surface area contributed by atoms with Crippen molar-refractivity contribution in [3.05, 3.63) is 0 Å². The molecule has 0 aliphatic heterocycles. The summed E-state index contributed by atoms with van der Waals surface area (Å²) in [4.78, 5) is 22.9. The van der Waals surface area contributed by atoms with Crippen molar-refractivity contribution in [2.24, 2.45) is 5.92 Å². The Morgan fingerprint density at radius 1 is 1.44 bits per heavy atom. The third kappa shape index (κ3) is 3.65. The molecule has 1 atom stereocenters. The summed E-state index contributed by atoms with van der Waals surface area (Å²) in [5.74, 6) is -3.84. The second-order valence-electron chi connectivity index (χ2n) is 5.07. The summed E-state index contributed by atoms with van der Waals surface area (Å²) < 4.78 is 30.4. The zero-order valence-corrected chi connectivity index (χ0v) is 10.9. The van der Waals surface area contributed by atoms with Crippen LogP contribution >= 0.6 is 0 Å². The van der Waals surface area contributed by atoms with Crippen LogP contribution in [0.1, 0.15) is 40.0 Å². The standard InChI is InChI=1S/C12H19F2NO3/c1-4-18-10(17)11(3,15-8(2)16)5-9-6-12(13,14)7-9/h9H,4-7H2,1-3H3,(H,15,16). The fourth-order valence-corrected chi connectivity index (χ4v) is 2.37. The van der Waals surface area contributed by atoms with Crippen LogP contribution in [0.5, 0.6) is 0 Å². The molecule has 104 valence electrons. The number of carbonyl (C=O) groups is 2. The lowest BCUT2D eigenvalue weighted by molar-refractivity contribution is -0.157. The van der Waals surface area contributed by atoms with Crippen LogP contribution < -0.4 is 5.32 Å². The number of esters is 1. The van der Waals surface area contributed by atoms with Crippen molar-refractivity contribution < 1.29 is 23.1 Å². The highest BCUT2D eigenvalue weighted by Gasteiger charge is 2.49. The molecule has 6 heteroatoms. The van der Waals surface area contributed by atoms with E-state index in [0.29, 0.717) is 0 Å². The number of hydrogen-bond donors (Lipinski definition) is 1. The fraction of sp³-hybridized carbons (Fsp3) is 0.833. The van der Waals surface area contributed by atoms with Crippen LogP contribution in [0.25, 0.3) is 0 Å². The molecule has 1 amide bonds. The van der Waals surface area contributed by atoms with E-state index in [0.717, 1.165) is 0 Å². The van der Waals surface area contributed by atoms with E-state index in [-0.39, 0.29) is 37.7 Å². The summed E-state index contributed by atoms with van der Waals surface area (Å²) >= 11 is 0. The molecule has 4 nitrogen and oxygen atoms in total. The maximum Gasteiger partial charge on any atom is 0.331 e. The number of carbonyl (C=O) groups excluding carboxylic acids is 2. The summed E-state index contributed by atoms with van der Waals surface area (Å²) in [6.45, 7) is 4.65. The number of rotatable bonds is 5. The molecule has 1 saturated carbocycles.